The van der Waals surface area contributed by atoms with Crippen molar-refractivity contribution in [2.24, 2.45) is 5.92 Å². The highest BCUT2D eigenvalue weighted by Gasteiger charge is 2.57. The maximum atomic E-state index is 13.1. The number of benzene rings is 1. The van der Waals surface area contributed by atoms with Crippen molar-refractivity contribution in [3.63, 3.8) is 0 Å². The Labute approximate surface area is 145 Å². The summed E-state index contributed by atoms with van der Waals surface area (Å²) in [6, 6.07) is 6.37. The van der Waals surface area contributed by atoms with Crippen molar-refractivity contribution in [2.45, 2.75) is 25.4 Å². The summed E-state index contributed by atoms with van der Waals surface area (Å²) in [5.74, 6) is -2.05. The van der Waals surface area contributed by atoms with E-state index in [9.17, 15) is 19.2 Å². The third-order valence-electron chi connectivity index (χ3n) is 4.88. The molecule has 1 aromatic carbocycles. The summed E-state index contributed by atoms with van der Waals surface area (Å²) in [5.41, 5.74) is -1.84. The standard InChI is InChI=1S/C19H19NO5/c1-10-8-13(21)19(25-3,14(22)9-10)15-16(20-2)18(24)12-7-5-4-6-11(12)17(15)23/h4-7,10,20H,8-9H2,1-3H3. The molecule has 2 aliphatic carbocycles. The van der Waals surface area contributed by atoms with Gasteiger partial charge in [-0.05, 0) is 5.92 Å². The molecule has 0 unspecified atom stereocenters. The zero-order valence-electron chi connectivity index (χ0n) is 14.3. The van der Waals surface area contributed by atoms with Gasteiger partial charge < -0.3 is 10.1 Å². The van der Waals surface area contributed by atoms with E-state index in [1.165, 1.54) is 20.2 Å². The van der Waals surface area contributed by atoms with Gasteiger partial charge in [-0.25, -0.2) is 0 Å². The van der Waals surface area contributed by atoms with Crippen LogP contribution in [0.5, 0.6) is 0 Å². The summed E-state index contributed by atoms with van der Waals surface area (Å²) in [6.45, 7) is 1.80. The van der Waals surface area contributed by atoms with Crippen LogP contribution in [0.25, 0.3) is 0 Å². The van der Waals surface area contributed by atoms with Crippen molar-refractivity contribution in [1.82, 2.24) is 5.32 Å². The Morgan fingerprint density at radius 1 is 1.00 bits per heavy atom. The molecule has 25 heavy (non-hydrogen) atoms. The van der Waals surface area contributed by atoms with Crippen LogP contribution in [-0.4, -0.2) is 42.9 Å². The highest BCUT2D eigenvalue weighted by molar-refractivity contribution is 6.33. The predicted octanol–water partition coefficient (Wildman–Crippen LogP) is 1.49. The van der Waals surface area contributed by atoms with Crippen LogP contribution >= 0.6 is 0 Å². The first-order valence-corrected chi connectivity index (χ1v) is 8.11. The quantitative estimate of drug-likeness (QED) is 0.838. The molecule has 0 bridgehead atoms. The van der Waals surface area contributed by atoms with Gasteiger partial charge in [0.15, 0.2) is 17.3 Å². The van der Waals surface area contributed by atoms with Gasteiger partial charge in [-0.3, -0.25) is 19.2 Å². The lowest BCUT2D eigenvalue weighted by molar-refractivity contribution is -0.154. The van der Waals surface area contributed by atoms with Crippen LogP contribution in [0.2, 0.25) is 0 Å². The van der Waals surface area contributed by atoms with Crippen LogP contribution in [0.4, 0.5) is 0 Å². The average Bonchev–Trinajstić information content (AvgIpc) is 2.59. The monoisotopic (exact) mass is 341 g/mol. The molecule has 1 N–H and O–H groups in total. The molecule has 130 valence electrons. The van der Waals surface area contributed by atoms with Crippen LogP contribution in [0.15, 0.2) is 35.5 Å². The second kappa shape index (κ2) is 6.04. The van der Waals surface area contributed by atoms with Gasteiger partial charge in [0.1, 0.15) is 0 Å². The first-order chi connectivity index (χ1) is 11.9. The van der Waals surface area contributed by atoms with Crippen molar-refractivity contribution < 1.29 is 23.9 Å². The number of ether oxygens (including phenoxy) is 1. The number of rotatable bonds is 3. The molecule has 0 heterocycles. The fourth-order valence-electron chi connectivity index (χ4n) is 3.71. The molecular formula is C19H19NO5. The van der Waals surface area contributed by atoms with Crippen LogP contribution in [0.3, 0.4) is 0 Å². The van der Waals surface area contributed by atoms with E-state index < -0.39 is 28.7 Å². The van der Waals surface area contributed by atoms with E-state index in [1.54, 1.807) is 25.1 Å². The van der Waals surface area contributed by atoms with E-state index in [4.69, 9.17) is 4.74 Å². The van der Waals surface area contributed by atoms with Gasteiger partial charge >= 0.3 is 0 Å². The Kier molecular flexibility index (Phi) is 4.16. The average molecular weight is 341 g/mol. The third-order valence-corrected chi connectivity index (χ3v) is 4.88. The third kappa shape index (κ3) is 2.28. The number of carbonyl (C=O) groups excluding carboxylic acids is 4. The number of ketones is 4. The lowest BCUT2D eigenvalue weighted by atomic mass is 9.68. The van der Waals surface area contributed by atoms with Crippen molar-refractivity contribution in [3.05, 3.63) is 46.7 Å². The molecule has 0 saturated heterocycles. The normalized spacial score (nSPS) is 26.8. The zero-order valence-corrected chi connectivity index (χ0v) is 14.3. The fraction of sp³-hybridized carbons (Fsp3) is 0.368. The van der Waals surface area contributed by atoms with Gasteiger partial charge in [0.25, 0.3) is 0 Å². The topological polar surface area (TPSA) is 89.5 Å². The molecule has 6 nitrogen and oxygen atoms in total. The maximum Gasteiger partial charge on any atom is 0.215 e. The lowest BCUT2D eigenvalue weighted by Gasteiger charge is -2.38. The zero-order chi connectivity index (χ0) is 18.4. The molecule has 0 amide bonds. The van der Waals surface area contributed by atoms with Gasteiger partial charge in [0.2, 0.25) is 11.4 Å². The van der Waals surface area contributed by atoms with E-state index in [0.29, 0.717) is 0 Å². The van der Waals surface area contributed by atoms with Crippen molar-refractivity contribution in [2.75, 3.05) is 14.2 Å². The molecule has 0 aromatic heterocycles. The molecule has 0 aliphatic heterocycles. The largest absolute Gasteiger partial charge is 0.384 e. The lowest BCUT2D eigenvalue weighted by Crippen LogP contribution is -2.57. The number of carbonyl (C=O) groups is 4. The smallest absolute Gasteiger partial charge is 0.215 e. The van der Waals surface area contributed by atoms with Gasteiger partial charge in [0, 0.05) is 38.1 Å². The molecule has 1 fully saturated rings. The molecule has 1 saturated carbocycles. The van der Waals surface area contributed by atoms with Crippen LogP contribution in [0.1, 0.15) is 40.5 Å². The minimum absolute atomic E-state index is 0.0539. The number of fused-ring (bicyclic) bond motifs is 1. The number of Topliss-reactive ketones (excluding diaryl/α,β-unsaturated/α-hetero) is 4. The SMILES string of the molecule is CNC1=C(C2(OC)C(=O)CC(C)CC2=O)C(=O)c2ccccc2C1=O. The minimum Gasteiger partial charge on any atom is -0.384 e. The summed E-state index contributed by atoms with van der Waals surface area (Å²) in [7, 11) is 2.71. The number of hydrogen-bond donors (Lipinski definition) is 1. The molecular weight excluding hydrogens is 322 g/mol. The Morgan fingerprint density at radius 2 is 1.52 bits per heavy atom. The van der Waals surface area contributed by atoms with E-state index in [-0.39, 0.29) is 41.2 Å². The number of hydrogen-bond acceptors (Lipinski definition) is 6. The number of likely N-dealkylation sites (N-methyl/N-ethyl adjacent to an activating group) is 1. The summed E-state index contributed by atoms with van der Waals surface area (Å²) < 4.78 is 5.39. The van der Waals surface area contributed by atoms with Gasteiger partial charge in [-0.2, -0.15) is 0 Å². The maximum absolute atomic E-state index is 13.1. The summed E-state index contributed by atoms with van der Waals surface area (Å²) in [4.78, 5) is 51.6. The van der Waals surface area contributed by atoms with Crippen molar-refractivity contribution >= 4 is 23.1 Å². The Bertz CT molecular complexity index is 818. The number of allylic oxidation sites excluding steroid dienone is 1. The number of methoxy groups -OCH3 is 1. The molecule has 0 spiro atoms. The summed E-state index contributed by atoms with van der Waals surface area (Å²) >= 11 is 0. The second-order valence-electron chi connectivity index (χ2n) is 6.45. The molecule has 0 atom stereocenters. The van der Waals surface area contributed by atoms with Crippen LogP contribution in [0, 0.1) is 5.92 Å². The van der Waals surface area contributed by atoms with E-state index in [0.717, 1.165) is 0 Å². The summed E-state index contributed by atoms with van der Waals surface area (Å²) in [5, 5.41) is 2.71. The highest BCUT2D eigenvalue weighted by Crippen LogP contribution is 2.40. The summed E-state index contributed by atoms with van der Waals surface area (Å²) in [6.07, 6.45) is 0.229. The Hall–Kier alpha value is -2.60. The molecule has 6 heteroatoms. The molecule has 1 aromatic rings. The van der Waals surface area contributed by atoms with Crippen LogP contribution in [-0.2, 0) is 14.3 Å². The molecule has 0 radical (unpaired) electrons. The predicted molar refractivity (Wildman–Crippen MR) is 89.3 cm³/mol. The minimum atomic E-state index is -2.02. The van der Waals surface area contributed by atoms with E-state index in [2.05, 4.69) is 5.32 Å². The van der Waals surface area contributed by atoms with Crippen LogP contribution < -0.4 is 5.32 Å². The Balaban J connectivity index is 2.29. The first kappa shape index (κ1) is 17.2. The van der Waals surface area contributed by atoms with E-state index in [1.807, 2.05) is 0 Å². The molecule has 3 rings (SSSR count). The van der Waals surface area contributed by atoms with Gasteiger partial charge in [-0.15, -0.1) is 0 Å². The van der Waals surface area contributed by atoms with Gasteiger partial charge in [-0.1, -0.05) is 31.2 Å². The van der Waals surface area contributed by atoms with Crippen molar-refractivity contribution in [1.29, 1.82) is 0 Å². The molecule has 2 aliphatic rings. The number of nitrogens with one attached hydrogen (secondary N) is 1. The Morgan fingerprint density at radius 3 is 2.00 bits per heavy atom. The first-order valence-electron chi connectivity index (χ1n) is 8.11. The van der Waals surface area contributed by atoms with Crippen molar-refractivity contribution in [3.8, 4) is 0 Å². The van der Waals surface area contributed by atoms with Gasteiger partial charge in [0.05, 0.1) is 11.3 Å². The second-order valence-corrected chi connectivity index (χ2v) is 6.45. The van der Waals surface area contributed by atoms with E-state index >= 15 is 0 Å². The fourth-order valence-corrected chi connectivity index (χ4v) is 3.71. The highest BCUT2D eigenvalue weighted by atomic mass is 16.5.